The van der Waals surface area contributed by atoms with Crippen LogP contribution in [0.25, 0.3) is 0 Å². The Balaban J connectivity index is 1.74. The lowest BCUT2D eigenvalue weighted by Gasteiger charge is -2.20. The minimum Gasteiger partial charge on any atom is -0.493 e. The summed E-state index contributed by atoms with van der Waals surface area (Å²) in [7, 11) is 1.34. The molecule has 0 bridgehead atoms. The Bertz CT molecular complexity index is 787. The highest BCUT2D eigenvalue weighted by Crippen LogP contribution is 2.35. The van der Waals surface area contributed by atoms with Crippen LogP contribution in [0.3, 0.4) is 0 Å². The van der Waals surface area contributed by atoms with Gasteiger partial charge in [0.25, 0.3) is 5.91 Å². The number of esters is 1. The molecule has 2 aromatic rings. The molecule has 1 heterocycles. The van der Waals surface area contributed by atoms with Crippen molar-refractivity contribution >= 4 is 11.9 Å². The summed E-state index contributed by atoms with van der Waals surface area (Å²) < 4.78 is 10.4. The molecular weight excluding hydrogens is 318 g/mol. The van der Waals surface area contributed by atoms with Crippen LogP contribution in [-0.4, -0.2) is 31.6 Å². The highest BCUT2D eigenvalue weighted by Gasteiger charge is 2.30. The Hall–Kier alpha value is -2.82. The van der Waals surface area contributed by atoms with Crippen molar-refractivity contribution in [2.75, 3.05) is 13.7 Å². The van der Waals surface area contributed by atoms with Gasteiger partial charge < -0.3 is 14.8 Å². The third kappa shape index (κ3) is 3.65. The lowest BCUT2D eigenvalue weighted by atomic mass is 9.94. The van der Waals surface area contributed by atoms with Crippen molar-refractivity contribution < 1.29 is 19.1 Å². The number of benzene rings is 2. The molecule has 2 atom stereocenters. The van der Waals surface area contributed by atoms with Crippen molar-refractivity contribution in [2.45, 2.75) is 25.3 Å². The summed E-state index contributed by atoms with van der Waals surface area (Å²) in [6.07, 6.45) is 0.0733. The van der Waals surface area contributed by atoms with E-state index in [1.54, 1.807) is 24.3 Å². The molecule has 1 aliphatic heterocycles. The molecule has 130 valence electrons. The number of carbonyl (C=O) groups excluding carboxylic acids is 2. The quantitative estimate of drug-likeness (QED) is 0.851. The first-order valence-electron chi connectivity index (χ1n) is 8.27. The molecule has 2 aromatic carbocycles. The van der Waals surface area contributed by atoms with Crippen molar-refractivity contribution in [1.29, 1.82) is 0 Å². The fraction of sp³-hybridized carbons (Fsp3) is 0.300. The van der Waals surface area contributed by atoms with Crippen LogP contribution in [-0.2, 0) is 16.0 Å². The van der Waals surface area contributed by atoms with Crippen molar-refractivity contribution in [3.8, 4) is 5.75 Å². The summed E-state index contributed by atoms with van der Waals surface area (Å²) in [4.78, 5) is 24.3. The zero-order valence-electron chi connectivity index (χ0n) is 14.3. The second kappa shape index (κ2) is 7.38. The number of fused-ring (bicyclic) bond motifs is 1. The van der Waals surface area contributed by atoms with E-state index in [9.17, 15) is 9.59 Å². The number of ether oxygens (including phenoxy) is 2. The number of nitrogens with one attached hydrogen (secondary N) is 1. The van der Waals surface area contributed by atoms with Crippen molar-refractivity contribution in [2.24, 2.45) is 0 Å². The minimum atomic E-state index is -0.369. The van der Waals surface area contributed by atoms with E-state index in [-0.39, 0.29) is 30.3 Å². The Labute approximate surface area is 147 Å². The maximum atomic E-state index is 12.7. The van der Waals surface area contributed by atoms with Gasteiger partial charge in [-0.25, -0.2) is 0 Å². The minimum absolute atomic E-state index is 0.0733. The first-order chi connectivity index (χ1) is 12.1. The van der Waals surface area contributed by atoms with Gasteiger partial charge in [-0.05, 0) is 24.6 Å². The smallest absolute Gasteiger partial charge is 0.310 e. The molecule has 1 amide bonds. The normalized spacial score (nSPS) is 16.5. The molecule has 0 saturated carbocycles. The third-order valence-corrected chi connectivity index (χ3v) is 4.52. The highest BCUT2D eigenvalue weighted by atomic mass is 16.5. The van der Waals surface area contributed by atoms with Crippen LogP contribution in [0.4, 0.5) is 0 Å². The summed E-state index contributed by atoms with van der Waals surface area (Å²) in [6, 6.07) is 14.9. The number of rotatable bonds is 5. The summed E-state index contributed by atoms with van der Waals surface area (Å²) in [5, 5.41) is 3.04. The van der Waals surface area contributed by atoms with Crippen molar-refractivity contribution in [3.63, 3.8) is 0 Å². The van der Waals surface area contributed by atoms with Gasteiger partial charge >= 0.3 is 5.97 Å². The van der Waals surface area contributed by atoms with E-state index >= 15 is 0 Å². The van der Waals surface area contributed by atoms with Crippen molar-refractivity contribution in [1.82, 2.24) is 5.32 Å². The van der Waals surface area contributed by atoms with E-state index in [2.05, 4.69) is 5.32 Å². The van der Waals surface area contributed by atoms with Gasteiger partial charge in [-0.1, -0.05) is 36.4 Å². The SMILES string of the molecule is COC(=O)Cc1ccccc1C(=O)N[C@H](C)[C@@H]1COc2ccccc21. The van der Waals surface area contributed by atoms with E-state index < -0.39 is 0 Å². The Morgan fingerprint density at radius 2 is 1.92 bits per heavy atom. The predicted molar refractivity (Wildman–Crippen MR) is 93.8 cm³/mol. The lowest BCUT2D eigenvalue weighted by Crippen LogP contribution is -2.38. The molecule has 0 spiro atoms. The molecule has 0 saturated heterocycles. The Kier molecular flexibility index (Phi) is 5.03. The molecule has 0 aliphatic carbocycles. The highest BCUT2D eigenvalue weighted by molar-refractivity contribution is 5.97. The van der Waals surface area contributed by atoms with Gasteiger partial charge in [0.1, 0.15) is 5.75 Å². The summed E-state index contributed by atoms with van der Waals surface area (Å²) in [5.74, 6) is 0.412. The summed E-state index contributed by atoms with van der Waals surface area (Å²) in [5.41, 5.74) is 2.26. The summed E-state index contributed by atoms with van der Waals surface area (Å²) >= 11 is 0. The average Bonchev–Trinajstić information content (AvgIpc) is 3.06. The Morgan fingerprint density at radius 1 is 1.20 bits per heavy atom. The second-order valence-electron chi connectivity index (χ2n) is 6.13. The van der Waals surface area contributed by atoms with Gasteiger partial charge in [0, 0.05) is 23.1 Å². The maximum Gasteiger partial charge on any atom is 0.310 e. The molecule has 0 fully saturated rings. The van der Waals surface area contributed by atoms with Crippen LogP contribution in [0, 0.1) is 0 Å². The van der Waals surface area contributed by atoms with Crippen LogP contribution < -0.4 is 10.1 Å². The third-order valence-electron chi connectivity index (χ3n) is 4.52. The van der Waals surface area contributed by atoms with Gasteiger partial charge in [0.15, 0.2) is 0 Å². The molecule has 1 aliphatic rings. The van der Waals surface area contributed by atoms with Crippen LogP contribution >= 0.6 is 0 Å². The monoisotopic (exact) mass is 339 g/mol. The first-order valence-corrected chi connectivity index (χ1v) is 8.27. The maximum absolute atomic E-state index is 12.7. The fourth-order valence-electron chi connectivity index (χ4n) is 3.11. The molecule has 5 heteroatoms. The van der Waals surface area contributed by atoms with Crippen LogP contribution in [0.1, 0.15) is 34.3 Å². The van der Waals surface area contributed by atoms with Crippen LogP contribution in [0.5, 0.6) is 5.75 Å². The number of carbonyl (C=O) groups is 2. The molecule has 0 unspecified atom stereocenters. The summed E-state index contributed by atoms with van der Waals surface area (Å²) in [6.45, 7) is 2.52. The zero-order valence-corrected chi connectivity index (χ0v) is 14.3. The number of methoxy groups -OCH3 is 1. The van der Waals surface area contributed by atoms with Crippen LogP contribution in [0.2, 0.25) is 0 Å². The molecular formula is C20H21NO4. The van der Waals surface area contributed by atoms with E-state index in [0.717, 1.165) is 11.3 Å². The van der Waals surface area contributed by atoms with Gasteiger partial charge in [-0.15, -0.1) is 0 Å². The Morgan fingerprint density at radius 3 is 2.72 bits per heavy atom. The van der Waals surface area contributed by atoms with E-state index in [0.29, 0.717) is 17.7 Å². The number of hydrogen-bond acceptors (Lipinski definition) is 4. The van der Waals surface area contributed by atoms with Crippen molar-refractivity contribution in [3.05, 3.63) is 65.2 Å². The largest absolute Gasteiger partial charge is 0.493 e. The van der Waals surface area contributed by atoms with E-state index in [4.69, 9.17) is 9.47 Å². The van der Waals surface area contributed by atoms with Gasteiger partial charge in [0.05, 0.1) is 20.1 Å². The molecule has 25 heavy (non-hydrogen) atoms. The topological polar surface area (TPSA) is 64.6 Å². The zero-order chi connectivity index (χ0) is 17.8. The number of amides is 1. The van der Waals surface area contributed by atoms with E-state index in [1.165, 1.54) is 7.11 Å². The molecule has 3 rings (SSSR count). The number of para-hydroxylation sites is 1. The average molecular weight is 339 g/mol. The van der Waals surface area contributed by atoms with Gasteiger partial charge in [-0.2, -0.15) is 0 Å². The van der Waals surface area contributed by atoms with E-state index in [1.807, 2.05) is 31.2 Å². The predicted octanol–water partition coefficient (Wildman–Crippen LogP) is 2.70. The van der Waals surface area contributed by atoms with Gasteiger partial charge in [-0.3, -0.25) is 9.59 Å². The standard InChI is InChI=1S/C20H21NO4/c1-13(17-12-25-18-10-6-5-9-16(17)18)21-20(23)15-8-4-3-7-14(15)11-19(22)24-2/h3-10,13,17H,11-12H2,1-2H3,(H,21,23)/t13-,17+/m1/s1. The first kappa shape index (κ1) is 17.0. The lowest BCUT2D eigenvalue weighted by molar-refractivity contribution is -0.139. The molecule has 0 aromatic heterocycles. The fourth-order valence-corrected chi connectivity index (χ4v) is 3.11. The molecule has 1 N–H and O–H groups in total. The van der Waals surface area contributed by atoms with Gasteiger partial charge in [0.2, 0.25) is 0 Å². The molecule has 5 nitrogen and oxygen atoms in total. The number of hydrogen-bond donors (Lipinski definition) is 1. The van der Waals surface area contributed by atoms with Crippen LogP contribution in [0.15, 0.2) is 48.5 Å². The second-order valence-corrected chi connectivity index (χ2v) is 6.13. The molecule has 0 radical (unpaired) electrons.